The van der Waals surface area contributed by atoms with E-state index in [0.717, 1.165) is 48.0 Å². The van der Waals surface area contributed by atoms with Crippen LogP contribution in [-0.2, 0) is 32.2 Å². The van der Waals surface area contributed by atoms with Crippen molar-refractivity contribution in [2.24, 2.45) is 5.73 Å². The van der Waals surface area contributed by atoms with Crippen molar-refractivity contribution in [3.8, 4) is 0 Å². The second kappa shape index (κ2) is 8.49. The molecule has 5 heteroatoms. The van der Waals surface area contributed by atoms with Crippen molar-refractivity contribution < 1.29 is 4.42 Å². The molecule has 0 atom stereocenters. The van der Waals surface area contributed by atoms with E-state index in [1.54, 1.807) is 0 Å². The normalized spacial score (nSPS) is 18.8. The number of rotatable bonds is 3. The number of fused-ring (bicyclic) bond motifs is 2. The van der Waals surface area contributed by atoms with Crippen LogP contribution < -0.4 is 15.5 Å². The topological polar surface area (TPSA) is 45.6 Å². The summed E-state index contributed by atoms with van der Waals surface area (Å²) in [7, 11) is 0. The van der Waals surface area contributed by atoms with E-state index in [-0.39, 0.29) is 0 Å². The van der Waals surface area contributed by atoms with E-state index in [4.69, 9.17) is 22.4 Å². The summed E-state index contributed by atoms with van der Waals surface area (Å²) >= 11 is 5.84. The summed E-state index contributed by atoms with van der Waals surface area (Å²) in [6, 6.07) is 7.11. The first-order chi connectivity index (χ1) is 17.2. The van der Waals surface area contributed by atoms with Crippen LogP contribution in [0.15, 0.2) is 22.6 Å². The SMILES string of the molecule is NCc1c(/C=C/c2cc3c4c(c2)CCCN4CCC3)c(=S)oc2c3c4c(cc12)CCCN4CCC3. The van der Waals surface area contributed by atoms with Gasteiger partial charge < -0.3 is 20.0 Å². The Kier molecular flexibility index (Phi) is 5.25. The summed E-state index contributed by atoms with van der Waals surface area (Å²) < 4.78 is 6.99. The van der Waals surface area contributed by atoms with Crippen LogP contribution in [0.3, 0.4) is 0 Å². The highest BCUT2D eigenvalue weighted by atomic mass is 32.1. The Morgan fingerprint density at radius 1 is 0.800 bits per heavy atom. The lowest BCUT2D eigenvalue weighted by atomic mass is 9.88. The fourth-order valence-corrected chi connectivity index (χ4v) is 7.36. The van der Waals surface area contributed by atoms with Crippen LogP contribution >= 0.6 is 12.2 Å². The molecule has 3 aromatic rings. The zero-order chi connectivity index (χ0) is 23.5. The average Bonchev–Trinajstić information content (AvgIpc) is 2.88. The number of hydrogen-bond donors (Lipinski definition) is 1. The third kappa shape index (κ3) is 3.47. The summed E-state index contributed by atoms with van der Waals surface area (Å²) in [6.45, 7) is 5.17. The van der Waals surface area contributed by atoms with Crippen molar-refractivity contribution >= 4 is 46.7 Å². The van der Waals surface area contributed by atoms with Gasteiger partial charge in [0.2, 0.25) is 0 Å². The fourth-order valence-electron chi connectivity index (χ4n) is 7.08. The second-order valence-electron chi connectivity index (χ2n) is 10.6. The van der Waals surface area contributed by atoms with Crippen LogP contribution in [0.2, 0.25) is 0 Å². The highest BCUT2D eigenvalue weighted by Crippen LogP contribution is 2.42. The molecule has 0 amide bonds. The molecule has 0 bridgehead atoms. The molecule has 35 heavy (non-hydrogen) atoms. The van der Waals surface area contributed by atoms with Gasteiger partial charge in [-0.1, -0.05) is 6.08 Å². The van der Waals surface area contributed by atoms with Crippen LogP contribution in [0, 0.1) is 4.71 Å². The zero-order valence-corrected chi connectivity index (χ0v) is 21.2. The van der Waals surface area contributed by atoms with Gasteiger partial charge in [0.25, 0.3) is 0 Å². The van der Waals surface area contributed by atoms with Crippen LogP contribution in [0.5, 0.6) is 0 Å². The predicted octanol–water partition coefficient (Wildman–Crippen LogP) is 6.19. The molecule has 1 aromatic heterocycles. The van der Waals surface area contributed by atoms with Gasteiger partial charge in [-0.05, 0) is 116 Å². The Hall–Kier alpha value is -2.63. The summed E-state index contributed by atoms with van der Waals surface area (Å²) in [4.78, 5) is 5.14. The molecule has 4 aliphatic rings. The van der Waals surface area contributed by atoms with Crippen molar-refractivity contribution in [2.45, 2.75) is 57.9 Å². The molecule has 4 nitrogen and oxygen atoms in total. The molecule has 0 saturated heterocycles. The van der Waals surface area contributed by atoms with Crippen molar-refractivity contribution in [2.75, 3.05) is 36.0 Å². The minimum absolute atomic E-state index is 0.461. The van der Waals surface area contributed by atoms with Gasteiger partial charge in [-0.3, -0.25) is 0 Å². The highest BCUT2D eigenvalue weighted by Gasteiger charge is 2.28. The molecular weight excluding hydrogens is 450 g/mol. The van der Waals surface area contributed by atoms with E-state index in [1.807, 2.05) is 0 Å². The standard InChI is InChI=1S/C30H33N3OS/c31-18-26-23(10-9-19-15-20-5-1-11-32-12-2-6-21(16-19)27(20)32)30(35)34-29-24-8-4-14-33-13-3-7-22(28(24)33)17-25(26)29/h9-10,15-17H,1-8,11-14,18,31H2/b10-9+. The van der Waals surface area contributed by atoms with Crippen LogP contribution in [-0.4, -0.2) is 26.2 Å². The van der Waals surface area contributed by atoms with E-state index >= 15 is 0 Å². The minimum Gasteiger partial charge on any atom is -0.444 e. The third-order valence-electron chi connectivity index (χ3n) is 8.54. The first kappa shape index (κ1) is 21.6. The first-order valence-electron chi connectivity index (χ1n) is 13.4. The van der Waals surface area contributed by atoms with Gasteiger partial charge in [-0.2, -0.15) is 0 Å². The van der Waals surface area contributed by atoms with E-state index < -0.39 is 0 Å². The summed E-state index contributed by atoms with van der Waals surface area (Å²) in [5.41, 5.74) is 19.4. The Labute approximate surface area is 212 Å². The van der Waals surface area contributed by atoms with Crippen LogP contribution in [0.25, 0.3) is 23.1 Å². The lowest BCUT2D eigenvalue weighted by molar-refractivity contribution is 0.568. The maximum atomic E-state index is 6.43. The maximum absolute atomic E-state index is 6.43. The van der Waals surface area contributed by atoms with Crippen molar-refractivity contribution in [3.63, 3.8) is 0 Å². The van der Waals surface area contributed by atoms with E-state index in [0.29, 0.717) is 11.3 Å². The Balaban J connectivity index is 1.35. The summed E-state index contributed by atoms with van der Waals surface area (Å²) in [5.74, 6) is 0. The van der Waals surface area contributed by atoms with Gasteiger partial charge >= 0.3 is 0 Å². The zero-order valence-electron chi connectivity index (χ0n) is 20.4. The van der Waals surface area contributed by atoms with E-state index in [9.17, 15) is 0 Å². The molecule has 0 unspecified atom stereocenters. The molecule has 2 N–H and O–H groups in total. The predicted molar refractivity (Wildman–Crippen MR) is 148 cm³/mol. The van der Waals surface area contributed by atoms with Gasteiger partial charge in [0.05, 0.1) is 0 Å². The molecule has 0 spiro atoms. The van der Waals surface area contributed by atoms with Crippen LogP contribution in [0.4, 0.5) is 11.4 Å². The second-order valence-corrected chi connectivity index (χ2v) is 11.0. The van der Waals surface area contributed by atoms with Crippen molar-refractivity contribution in [1.82, 2.24) is 0 Å². The van der Waals surface area contributed by atoms with Crippen molar-refractivity contribution in [3.05, 3.63) is 61.9 Å². The third-order valence-corrected chi connectivity index (χ3v) is 8.84. The van der Waals surface area contributed by atoms with E-state index in [1.165, 1.54) is 90.8 Å². The molecule has 0 radical (unpaired) electrons. The quantitative estimate of drug-likeness (QED) is 0.450. The number of nitrogens with two attached hydrogens (primary N) is 1. The molecule has 0 aliphatic carbocycles. The Morgan fingerprint density at radius 3 is 2.06 bits per heavy atom. The molecule has 5 heterocycles. The fraction of sp³-hybridized carbons (Fsp3) is 0.433. The molecule has 180 valence electrons. The first-order valence-corrected chi connectivity index (χ1v) is 13.8. The van der Waals surface area contributed by atoms with Gasteiger partial charge in [-0.15, -0.1) is 0 Å². The lowest BCUT2D eigenvalue weighted by Crippen LogP contribution is -2.34. The number of nitrogens with zero attached hydrogens (tertiary/aromatic N) is 2. The molecular formula is C30H33N3OS. The molecule has 7 rings (SSSR count). The van der Waals surface area contributed by atoms with Gasteiger partial charge in [0, 0.05) is 60.6 Å². The molecule has 0 fully saturated rings. The molecule has 2 aromatic carbocycles. The maximum Gasteiger partial charge on any atom is 0.198 e. The lowest BCUT2D eigenvalue weighted by Gasteiger charge is -2.37. The number of hydrogen-bond acceptors (Lipinski definition) is 5. The molecule has 4 aliphatic heterocycles. The minimum atomic E-state index is 0.461. The van der Waals surface area contributed by atoms with Gasteiger partial charge in [0.15, 0.2) is 4.71 Å². The van der Waals surface area contributed by atoms with Crippen LogP contribution in [0.1, 0.15) is 64.6 Å². The van der Waals surface area contributed by atoms with Gasteiger partial charge in [0.1, 0.15) is 5.58 Å². The smallest absolute Gasteiger partial charge is 0.198 e. The van der Waals surface area contributed by atoms with Gasteiger partial charge in [-0.25, -0.2) is 0 Å². The number of aryl methyl sites for hydroxylation is 4. The number of anilines is 2. The van der Waals surface area contributed by atoms with Crippen molar-refractivity contribution in [1.29, 1.82) is 0 Å². The molecule has 0 saturated carbocycles. The summed E-state index contributed by atoms with van der Waals surface area (Å²) in [5, 5.41) is 1.16. The van der Waals surface area contributed by atoms with E-state index in [2.05, 4.69) is 40.2 Å². The largest absolute Gasteiger partial charge is 0.444 e. The monoisotopic (exact) mass is 483 g/mol. The Bertz CT molecular complexity index is 1400. The number of benzene rings is 2. The summed E-state index contributed by atoms with van der Waals surface area (Å²) in [6.07, 6.45) is 13.8. The Morgan fingerprint density at radius 2 is 1.40 bits per heavy atom. The highest BCUT2D eigenvalue weighted by molar-refractivity contribution is 7.71. The average molecular weight is 484 g/mol.